The van der Waals surface area contributed by atoms with Crippen LogP contribution < -0.4 is 9.47 Å². The van der Waals surface area contributed by atoms with Gasteiger partial charge in [-0.15, -0.1) is 0 Å². The molecular weight excluding hydrogens is 232 g/mol. The van der Waals surface area contributed by atoms with Crippen LogP contribution in [0.4, 0.5) is 0 Å². The number of carboxylic acid groups (broad SMARTS) is 1. The number of rotatable bonds is 4. The molecule has 1 aliphatic carbocycles. The van der Waals surface area contributed by atoms with Gasteiger partial charge >= 0.3 is 5.97 Å². The van der Waals surface area contributed by atoms with Gasteiger partial charge in [0, 0.05) is 0 Å². The lowest BCUT2D eigenvalue weighted by atomic mass is 9.84. The minimum atomic E-state index is -1.09. The third kappa shape index (κ3) is 2.42. The number of carboxylic acids is 1. The van der Waals surface area contributed by atoms with E-state index in [0.717, 1.165) is 19.3 Å². The topological polar surface area (TPSA) is 55.8 Å². The van der Waals surface area contributed by atoms with Crippen molar-refractivity contribution in [1.82, 2.24) is 0 Å². The second-order valence-electron chi connectivity index (χ2n) is 4.61. The summed E-state index contributed by atoms with van der Waals surface area (Å²) in [5.41, 5.74) is -1.09. The largest absolute Gasteiger partial charge is 0.493 e. The molecule has 0 saturated heterocycles. The van der Waals surface area contributed by atoms with Crippen LogP contribution in [0, 0.1) is 0 Å². The minimum Gasteiger partial charge on any atom is -0.493 e. The highest BCUT2D eigenvalue weighted by Crippen LogP contribution is 2.37. The number of para-hydroxylation sites is 2. The molecule has 18 heavy (non-hydrogen) atoms. The summed E-state index contributed by atoms with van der Waals surface area (Å²) < 4.78 is 11.0. The van der Waals surface area contributed by atoms with Crippen molar-refractivity contribution in [2.24, 2.45) is 0 Å². The van der Waals surface area contributed by atoms with Gasteiger partial charge in [-0.05, 0) is 37.8 Å². The van der Waals surface area contributed by atoms with E-state index in [4.69, 9.17) is 9.47 Å². The molecule has 0 radical (unpaired) electrons. The molecule has 1 aromatic rings. The summed E-state index contributed by atoms with van der Waals surface area (Å²) in [5.74, 6) is 0.195. The maximum Gasteiger partial charge on any atom is 0.348 e. The van der Waals surface area contributed by atoms with E-state index in [1.54, 1.807) is 19.2 Å². The Morgan fingerprint density at radius 1 is 1.17 bits per heavy atom. The Bertz CT molecular complexity index is 422. The van der Waals surface area contributed by atoms with Crippen molar-refractivity contribution in [3.63, 3.8) is 0 Å². The summed E-state index contributed by atoms with van der Waals surface area (Å²) in [7, 11) is 1.55. The number of hydrogen-bond acceptors (Lipinski definition) is 3. The van der Waals surface area contributed by atoms with Crippen molar-refractivity contribution >= 4 is 5.97 Å². The molecule has 0 aliphatic heterocycles. The lowest BCUT2D eigenvalue weighted by molar-refractivity contribution is -0.158. The molecule has 4 heteroatoms. The third-order valence-electron chi connectivity index (χ3n) is 3.43. The molecule has 1 saturated carbocycles. The van der Waals surface area contributed by atoms with Crippen molar-refractivity contribution < 1.29 is 19.4 Å². The zero-order valence-electron chi connectivity index (χ0n) is 10.5. The summed E-state index contributed by atoms with van der Waals surface area (Å²) in [5, 5.41) is 9.45. The van der Waals surface area contributed by atoms with Gasteiger partial charge in [-0.2, -0.15) is 0 Å². The molecule has 1 aliphatic rings. The van der Waals surface area contributed by atoms with Gasteiger partial charge in [0.25, 0.3) is 0 Å². The molecule has 0 atom stereocenters. The average Bonchev–Trinajstić information content (AvgIpc) is 2.40. The molecule has 0 unspecified atom stereocenters. The highest BCUT2D eigenvalue weighted by Gasteiger charge is 2.42. The Labute approximate surface area is 107 Å². The number of hydrogen-bond donors (Lipinski definition) is 1. The molecule has 4 nitrogen and oxygen atoms in total. The minimum absolute atomic E-state index is 0.504. The molecule has 1 fully saturated rings. The van der Waals surface area contributed by atoms with Gasteiger partial charge in [0.05, 0.1) is 7.11 Å². The fourth-order valence-corrected chi connectivity index (χ4v) is 2.40. The second-order valence-corrected chi connectivity index (χ2v) is 4.61. The van der Waals surface area contributed by atoms with E-state index in [2.05, 4.69) is 0 Å². The maximum atomic E-state index is 11.5. The molecule has 0 aromatic heterocycles. The average molecular weight is 250 g/mol. The van der Waals surface area contributed by atoms with Crippen LogP contribution in [-0.2, 0) is 4.79 Å². The van der Waals surface area contributed by atoms with Gasteiger partial charge in [-0.25, -0.2) is 4.79 Å². The van der Waals surface area contributed by atoms with E-state index < -0.39 is 11.6 Å². The van der Waals surface area contributed by atoms with E-state index >= 15 is 0 Å². The van der Waals surface area contributed by atoms with Gasteiger partial charge in [0.15, 0.2) is 11.5 Å². The Hall–Kier alpha value is -1.71. The first-order valence-electron chi connectivity index (χ1n) is 6.23. The SMILES string of the molecule is COc1ccccc1OC1(C(=O)O)CCCCC1. The van der Waals surface area contributed by atoms with Crippen LogP contribution in [0.2, 0.25) is 0 Å². The number of carbonyl (C=O) groups is 1. The molecular formula is C14H18O4. The molecule has 0 bridgehead atoms. The Morgan fingerprint density at radius 2 is 1.78 bits per heavy atom. The lowest BCUT2D eigenvalue weighted by Crippen LogP contribution is -2.46. The Kier molecular flexibility index (Phi) is 3.75. The van der Waals surface area contributed by atoms with Crippen LogP contribution in [-0.4, -0.2) is 23.8 Å². The molecule has 1 N–H and O–H groups in total. The molecule has 0 spiro atoms. The molecule has 0 heterocycles. The third-order valence-corrected chi connectivity index (χ3v) is 3.43. The number of methoxy groups -OCH3 is 1. The summed E-state index contributed by atoms with van der Waals surface area (Å²) in [6.45, 7) is 0. The van der Waals surface area contributed by atoms with Crippen LogP contribution in [0.1, 0.15) is 32.1 Å². The van der Waals surface area contributed by atoms with Crippen molar-refractivity contribution in [2.45, 2.75) is 37.7 Å². The first-order valence-corrected chi connectivity index (χ1v) is 6.23. The predicted octanol–water partition coefficient (Wildman–Crippen LogP) is 2.86. The highest BCUT2D eigenvalue weighted by molar-refractivity contribution is 5.78. The fraction of sp³-hybridized carbons (Fsp3) is 0.500. The van der Waals surface area contributed by atoms with Crippen molar-refractivity contribution in [3.05, 3.63) is 24.3 Å². The van der Waals surface area contributed by atoms with Crippen LogP contribution in [0.15, 0.2) is 24.3 Å². The quantitative estimate of drug-likeness (QED) is 0.892. The first-order chi connectivity index (χ1) is 8.68. The van der Waals surface area contributed by atoms with Crippen molar-refractivity contribution in [1.29, 1.82) is 0 Å². The fourth-order valence-electron chi connectivity index (χ4n) is 2.40. The molecule has 2 rings (SSSR count). The second kappa shape index (κ2) is 5.29. The van der Waals surface area contributed by atoms with Crippen LogP contribution >= 0.6 is 0 Å². The van der Waals surface area contributed by atoms with Gasteiger partial charge < -0.3 is 14.6 Å². The normalized spacial score (nSPS) is 18.1. The van der Waals surface area contributed by atoms with E-state index in [-0.39, 0.29) is 0 Å². The highest BCUT2D eigenvalue weighted by atomic mass is 16.5. The van der Waals surface area contributed by atoms with E-state index in [9.17, 15) is 9.90 Å². The van der Waals surface area contributed by atoms with Crippen molar-refractivity contribution in [3.8, 4) is 11.5 Å². The number of aliphatic carboxylic acids is 1. The van der Waals surface area contributed by atoms with Gasteiger partial charge in [0.2, 0.25) is 5.60 Å². The summed E-state index contributed by atoms with van der Waals surface area (Å²) in [4.78, 5) is 11.5. The van der Waals surface area contributed by atoms with Crippen LogP contribution in [0.25, 0.3) is 0 Å². The van der Waals surface area contributed by atoms with Crippen LogP contribution in [0.5, 0.6) is 11.5 Å². The van der Waals surface area contributed by atoms with Gasteiger partial charge in [0.1, 0.15) is 0 Å². The number of benzene rings is 1. The van der Waals surface area contributed by atoms with Gasteiger partial charge in [-0.1, -0.05) is 18.6 Å². The zero-order valence-corrected chi connectivity index (χ0v) is 10.5. The van der Waals surface area contributed by atoms with E-state index in [1.807, 2.05) is 12.1 Å². The zero-order chi connectivity index (χ0) is 13.0. The summed E-state index contributed by atoms with van der Waals surface area (Å²) in [6, 6.07) is 7.17. The van der Waals surface area contributed by atoms with E-state index in [0.29, 0.717) is 24.3 Å². The first kappa shape index (κ1) is 12.7. The van der Waals surface area contributed by atoms with Crippen LogP contribution in [0.3, 0.4) is 0 Å². The Morgan fingerprint density at radius 3 is 2.33 bits per heavy atom. The molecule has 0 amide bonds. The monoisotopic (exact) mass is 250 g/mol. The predicted molar refractivity (Wildman–Crippen MR) is 67.1 cm³/mol. The summed E-state index contributed by atoms with van der Waals surface area (Å²) >= 11 is 0. The van der Waals surface area contributed by atoms with Gasteiger partial charge in [-0.3, -0.25) is 0 Å². The lowest BCUT2D eigenvalue weighted by Gasteiger charge is -2.34. The molecule has 1 aromatic carbocycles. The smallest absolute Gasteiger partial charge is 0.348 e. The van der Waals surface area contributed by atoms with E-state index in [1.165, 1.54) is 0 Å². The number of ether oxygens (including phenoxy) is 2. The standard InChI is InChI=1S/C14H18O4/c1-17-11-7-3-4-8-12(11)18-14(13(15)16)9-5-2-6-10-14/h3-4,7-8H,2,5-6,9-10H2,1H3,(H,15,16). The molecule has 98 valence electrons. The maximum absolute atomic E-state index is 11.5. The summed E-state index contributed by atoms with van der Waals surface area (Å²) in [6.07, 6.45) is 3.97. The Balaban J connectivity index is 2.26. The van der Waals surface area contributed by atoms with Crippen molar-refractivity contribution in [2.75, 3.05) is 7.11 Å².